The molecule has 1 fully saturated rings. The molecule has 0 amide bonds. The molecule has 2 unspecified atom stereocenters. The van der Waals surface area contributed by atoms with Gasteiger partial charge in [0.15, 0.2) is 0 Å². The third kappa shape index (κ3) is 3.43. The van der Waals surface area contributed by atoms with Crippen LogP contribution in [0.5, 0.6) is 5.75 Å². The highest BCUT2D eigenvalue weighted by molar-refractivity contribution is 5.27. The van der Waals surface area contributed by atoms with Crippen LogP contribution in [-0.2, 0) is 6.54 Å². The number of nitrogens with one attached hydrogen (secondary N) is 1. The van der Waals surface area contributed by atoms with Crippen LogP contribution in [0.25, 0.3) is 0 Å². The lowest BCUT2D eigenvalue weighted by Crippen LogP contribution is -2.21. The van der Waals surface area contributed by atoms with Gasteiger partial charge in [0.2, 0.25) is 0 Å². The van der Waals surface area contributed by atoms with Gasteiger partial charge in [0.25, 0.3) is 0 Å². The highest BCUT2D eigenvalue weighted by Gasteiger charge is 2.20. The predicted octanol–water partition coefficient (Wildman–Crippen LogP) is 2.62. The van der Waals surface area contributed by atoms with Crippen molar-refractivity contribution in [3.8, 4) is 5.75 Å². The van der Waals surface area contributed by atoms with Gasteiger partial charge in [0, 0.05) is 12.2 Å². The third-order valence-corrected chi connectivity index (χ3v) is 3.62. The smallest absolute Gasteiger partial charge is 0.138 e. The Morgan fingerprint density at radius 1 is 1.41 bits per heavy atom. The van der Waals surface area contributed by atoms with Crippen LogP contribution in [0.1, 0.15) is 37.6 Å². The van der Waals surface area contributed by atoms with Gasteiger partial charge in [0.05, 0.1) is 5.69 Å². The first kappa shape index (κ1) is 12.4. The van der Waals surface area contributed by atoms with E-state index in [0.717, 1.165) is 29.8 Å². The highest BCUT2D eigenvalue weighted by atomic mass is 16.3. The lowest BCUT2D eigenvalue weighted by atomic mass is 10.1. The normalized spacial score (nSPS) is 24.1. The van der Waals surface area contributed by atoms with Crippen molar-refractivity contribution in [2.24, 2.45) is 11.8 Å². The fourth-order valence-electron chi connectivity index (χ4n) is 2.64. The molecule has 1 aliphatic carbocycles. The minimum absolute atomic E-state index is 0.294. The van der Waals surface area contributed by atoms with Crippen LogP contribution in [0.2, 0.25) is 0 Å². The molecular formula is C14H22N2O. The largest absolute Gasteiger partial charge is 0.506 e. The van der Waals surface area contributed by atoms with Crippen LogP contribution in [-0.4, -0.2) is 16.6 Å². The van der Waals surface area contributed by atoms with Crippen LogP contribution in [0.4, 0.5) is 0 Å². The summed E-state index contributed by atoms with van der Waals surface area (Å²) in [5.74, 6) is 1.98. The Bertz CT molecular complexity index is 378. The maximum atomic E-state index is 9.67. The molecule has 0 bridgehead atoms. The summed E-state index contributed by atoms with van der Waals surface area (Å²) in [5, 5.41) is 13.1. The molecule has 3 nitrogen and oxygen atoms in total. The standard InChI is InChI=1S/C14H22N2O/c1-10-3-5-12(7-10)8-15-9-13-14(17)6-4-11(2)16-13/h4,6,10,12,15,17H,3,5,7-9H2,1-2H3. The predicted molar refractivity (Wildman–Crippen MR) is 68.9 cm³/mol. The van der Waals surface area contributed by atoms with Gasteiger partial charge in [-0.05, 0) is 50.3 Å². The van der Waals surface area contributed by atoms with Gasteiger partial charge >= 0.3 is 0 Å². The van der Waals surface area contributed by atoms with Crippen molar-refractivity contribution in [2.75, 3.05) is 6.54 Å². The van der Waals surface area contributed by atoms with E-state index in [9.17, 15) is 5.11 Å². The Hall–Kier alpha value is -1.09. The number of aryl methyl sites for hydroxylation is 1. The third-order valence-electron chi connectivity index (χ3n) is 3.62. The summed E-state index contributed by atoms with van der Waals surface area (Å²) >= 11 is 0. The number of rotatable bonds is 4. The van der Waals surface area contributed by atoms with Gasteiger partial charge in [-0.15, -0.1) is 0 Å². The van der Waals surface area contributed by atoms with Crippen molar-refractivity contribution in [3.05, 3.63) is 23.5 Å². The van der Waals surface area contributed by atoms with E-state index < -0.39 is 0 Å². The second kappa shape index (κ2) is 5.50. The molecule has 0 saturated heterocycles. The summed E-state index contributed by atoms with van der Waals surface area (Å²) < 4.78 is 0. The summed E-state index contributed by atoms with van der Waals surface area (Å²) in [6.45, 7) is 5.98. The molecule has 1 aliphatic rings. The molecule has 2 atom stereocenters. The van der Waals surface area contributed by atoms with E-state index >= 15 is 0 Å². The van der Waals surface area contributed by atoms with Crippen molar-refractivity contribution >= 4 is 0 Å². The highest BCUT2D eigenvalue weighted by Crippen LogP contribution is 2.29. The Morgan fingerprint density at radius 3 is 2.94 bits per heavy atom. The van der Waals surface area contributed by atoms with Crippen LogP contribution in [0.15, 0.2) is 12.1 Å². The number of aromatic hydroxyl groups is 1. The van der Waals surface area contributed by atoms with Crippen LogP contribution in [0.3, 0.4) is 0 Å². The fraction of sp³-hybridized carbons (Fsp3) is 0.643. The van der Waals surface area contributed by atoms with Gasteiger partial charge in [0.1, 0.15) is 5.75 Å². The minimum Gasteiger partial charge on any atom is -0.506 e. The Labute approximate surface area is 103 Å². The zero-order valence-electron chi connectivity index (χ0n) is 10.7. The average molecular weight is 234 g/mol. The maximum absolute atomic E-state index is 9.67. The van der Waals surface area contributed by atoms with E-state index in [2.05, 4.69) is 17.2 Å². The lowest BCUT2D eigenvalue weighted by Gasteiger charge is -2.11. The van der Waals surface area contributed by atoms with Crippen molar-refractivity contribution in [1.29, 1.82) is 0 Å². The quantitative estimate of drug-likeness (QED) is 0.841. The molecule has 0 aliphatic heterocycles. The molecule has 94 valence electrons. The minimum atomic E-state index is 0.294. The van der Waals surface area contributed by atoms with Crippen LogP contribution < -0.4 is 5.32 Å². The summed E-state index contributed by atoms with van der Waals surface area (Å²) in [7, 11) is 0. The monoisotopic (exact) mass is 234 g/mol. The zero-order chi connectivity index (χ0) is 12.3. The van der Waals surface area contributed by atoms with E-state index in [0.29, 0.717) is 12.3 Å². The molecule has 1 aromatic heterocycles. The number of hydrogen-bond acceptors (Lipinski definition) is 3. The first-order valence-electron chi connectivity index (χ1n) is 6.51. The summed E-state index contributed by atoms with van der Waals surface area (Å²) in [6, 6.07) is 3.55. The second-order valence-corrected chi connectivity index (χ2v) is 5.33. The van der Waals surface area contributed by atoms with Crippen molar-refractivity contribution in [2.45, 2.75) is 39.7 Å². The topological polar surface area (TPSA) is 45.1 Å². The molecule has 2 N–H and O–H groups in total. The van der Waals surface area contributed by atoms with Gasteiger partial charge in [-0.2, -0.15) is 0 Å². The zero-order valence-corrected chi connectivity index (χ0v) is 10.7. The van der Waals surface area contributed by atoms with Gasteiger partial charge in [-0.25, -0.2) is 0 Å². The van der Waals surface area contributed by atoms with Crippen molar-refractivity contribution in [1.82, 2.24) is 10.3 Å². The molecule has 1 heterocycles. The van der Waals surface area contributed by atoms with E-state index in [1.807, 2.05) is 13.0 Å². The summed E-state index contributed by atoms with van der Waals surface area (Å²) in [5.41, 5.74) is 1.71. The molecule has 3 heteroatoms. The summed E-state index contributed by atoms with van der Waals surface area (Å²) in [4.78, 5) is 4.34. The van der Waals surface area contributed by atoms with Crippen LogP contribution in [0, 0.1) is 18.8 Å². The number of pyridine rings is 1. The second-order valence-electron chi connectivity index (χ2n) is 5.33. The van der Waals surface area contributed by atoms with E-state index in [1.54, 1.807) is 6.07 Å². The Morgan fingerprint density at radius 2 is 2.24 bits per heavy atom. The lowest BCUT2D eigenvalue weighted by molar-refractivity contribution is 0.443. The average Bonchev–Trinajstić information content (AvgIpc) is 2.69. The van der Waals surface area contributed by atoms with Crippen molar-refractivity contribution in [3.63, 3.8) is 0 Å². The van der Waals surface area contributed by atoms with Gasteiger partial charge in [-0.3, -0.25) is 4.98 Å². The molecule has 1 aromatic rings. The number of nitrogens with zero attached hydrogens (tertiary/aromatic N) is 1. The number of aromatic nitrogens is 1. The molecule has 1 saturated carbocycles. The summed E-state index contributed by atoms with van der Waals surface area (Å²) in [6.07, 6.45) is 4.03. The fourth-order valence-corrected chi connectivity index (χ4v) is 2.64. The first-order chi connectivity index (χ1) is 8.15. The van der Waals surface area contributed by atoms with E-state index in [4.69, 9.17) is 0 Å². The Kier molecular flexibility index (Phi) is 4.00. The molecule has 17 heavy (non-hydrogen) atoms. The number of hydrogen-bond donors (Lipinski definition) is 2. The van der Waals surface area contributed by atoms with Gasteiger partial charge < -0.3 is 10.4 Å². The molecule has 0 radical (unpaired) electrons. The van der Waals surface area contributed by atoms with E-state index in [1.165, 1.54) is 19.3 Å². The first-order valence-corrected chi connectivity index (χ1v) is 6.51. The maximum Gasteiger partial charge on any atom is 0.138 e. The van der Waals surface area contributed by atoms with Crippen molar-refractivity contribution < 1.29 is 5.11 Å². The molecule has 0 aromatic carbocycles. The van der Waals surface area contributed by atoms with Gasteiger partial charge in [-0.1, -0.05) is 13.3 Å². The molecular weight excluding hydrogens is 212 g/mol. The molecule has 2 rings (SSSR count). The SMILES string of the molecule is Cc1ccc(O)c(CNCC2CCC(C)C2)n1. The Balaban J connectivity index is 1.80. The van der Waals surface area contributed by atoms with Crippen LogP contribution >= 0.6 is 0 Å². The molecule has 0 spiro atoms. The van der Waals surface area contributed by atoms with E-state index in [-0.39, 0.29) is 0 Å².